The molecule has 21 heavy (non-hydrogen) atoms. The van der Waals surface area contributed by atoms with Gasteiger partial charge in [-0.05, 0) is 20.8 Å². The fraction of sp³-hybridized carbons (Fsp3) is 0.833. The number of urea groups is 1. The van der Waals surface area contributed by atoms with Gasteiger partial charge in [0.25, 0.3) is 0 Å². The van der Waals surface area contributed by atoms with E-state index < -0.39 is 22.1 Å². The number of carbonyl (C=O) groups excluding carboxylic acids is 2. The Morgan fingerprint density at radius 3 is 2.19 bits per heavy atom. The normalized spacial score (nSPS) is 19.0. The SMILES string of the molecule is CCNC(=O)NC(=O)C(C)N1CCN(S(=O)(=O)CC)CC1. The van der Waals surface area contributed by atoms with E-state index in [0.717, 1.165) is 0 Å². The van der Waals surface area contributed by atoms with E-state index in [9.17, 15) is 18.0 Å². The van der Waals surface area contributed by atoms with Crippen LogP contribution in [0.15, 0.2) is 0 Å². The molecule has 0 radical (unpaired) electrons. The van der Waals surface area contributed by atoms with Crippen LogP contribution in [-0.2, 0) is 14.8 Å². The van der Waals surface area contributed by atoms with Gasteiger partial charge in [0, 0.05) is 32.7 Å². The smallest absolute Gasteiger partial charge is 0.321 e. The first-order chi connectivity index (χ1) is 9.81. The number of amides is 3. The van der Waals surface area contributed by atoms with E-state index in [4.69, 9.17) is 0 Å². The summed E-state index contributed by atoms with van der Waals surface area (Å²) in [5.74, 6) is -0.298. The molecule has 1 aliphatic rings. The van der Waals surface area contributed by atoms with Crippen molar-refractivity contribution in [1.82, 2.24) is 19.8 Å². The van der Waals surface area contributed by atoms with Crippen LogP contribution >= 0.6 is 0 Å². The third-order valence-corrected chi connectivity index (χ3v) is 5.41. The summed E-state index contributed by atoms with van der Waals surface area (Å²) in [6, 6.07) is -0.986. The molecular formula is C12H24N4O4S. The number of imide groups is 1. The lowest BCUT2D eigenvalue weighted by atomic mass is 10.2. The molecule has 0 aromatic heterocycles. The third kappa shape index (κ3) is 4.94. The molecular weight excluding hydrogens is 296 g/mol. The van der Waals surface area contributed by atoms with Crippen LogP contribution in [0.2, 0.25) is 0 Å². The number of sulfonamides is 1. The van der Waals surface area contributed by atoms with Crippen LogP contribution in [0.25, 0.3) is 0 Å². The van der Waals surface area contributed by atoms with Crippen molar-refractivity contribution >= 4 is 22.0 Å². The monoisotopic (exact) mass is 320 g/mol. The first-order valence-corrected chi connectivity index (χ1v) is 8.73. The van der Waals surface area contributed by atoms with Gasteiger partial charge >= 0.3 is 6.03 Å². The average molecular weight is 320 g/mol. The Kier molecular flexibility index (Phi) is 6.56. The summed E-state index contributed by atoms with van der Waals surface area (Å²) in [6.45, 7) is 7.22. The summed E-state index contributed by atoms with van der Waals surface area (Å²) in [6.07, 6.45) is 0. The molecule has 122 valence electrons. The molecule has 1 aliphatic heterocycles. The first kappa shape index (κ1) is 17.9. The molecule has 1 saturated heterocycles. The molecule has 0 saturated carbocycles. The van der Waals surface area contributed by atoms with Gasteiger partial charge in [-0.15, -0.1) is 0 Å². The molecule has 3 amide bonds. The van der Waals surface area contributed by atoms with Gasteiger partial charge in [-0.3, -0.25) is 15.0 Å². The lowest BCUT2D eigenvalue weighted by Crippen LogP contribution is -2.56. The molecule has 9 heteroatoms. The molecule has 1 rings (SSSR count). The molecule has 1 heterocycles. The number of rotatable bonds is 5. The van der Waals surface area contributed by atoms with Crippen LogP contribution < -0.4 is 10.6 Å². The van der Waals surface area contributed by atoms with Crippen LogP contribution in [0.5, 0.6) is 0 Å². The minimum Gasteiger partial charge on any atom is -0.338 e. The van der Waals surface area contributed by atoms with Crippen LogP contribution in [0.1, 0.15) is 20.8 Å². The summed E-state index contributed by atoms with van der Waals surface area (Å²) in [5.41, 5.74) is 0. The van der Waals surface area contributed by atoms with Crippen molar-refractivity contribution in [2.45, 2.75) is 26.8 Å². The van der Waals surface area contributed by atoms with E-state index in [0.29, 0.717) is 32.7 Å². The predicted molar refractivity (Wildman–Crippen MR) is 79.3 cm³/mol. The summed E-state index contributed by atoms with van der Waals surface area (Å²) in [5, 5.41) is 4.76. The first-order valence-electron chi connectivity index (χ1n) is 7.12. The van der Waals surface area contributed by atoms with Crippen molar-refractivity contribution in [2.24, 2.45) is 0 Å². The predicted octanol–water partition coefficient (Wildman–Crippen LogP) is -0.812. The second kappa shape index (κ2) is 7.71. The van der Waals surface area contributed by atoms with Crippen LogP contribution in [0.4, 0.5) is 4.79 Å². The molecule has 8 nitrogen and oxygen atoms in total. The van der Waals surface area contributed by atoms with Gasteiger partial charge in [-0.1, -0.05) is 0 Å². The molecule has 0 aliphatic carbocycles. The van der Waals surface area contributed by atoms with Gasteiger partial charge in [-0.2, -0.15) is 4.31 Å². The second-order valence-corrected chi connectivity index (χ2v) is 7.12. The van der Waals surface area contributed by atoms with E-state index >= 15 is 0 Å². The van der Waals surface area contributed by atoms with E-state index in [-0.39, 0.29) is 11.7 Å². The molecule has 1 unspecified atom stereocenters. The zero-order valence-electron chi connectivity index (χ0n) is 12.8. The maximum atomic E-state index is 11.9. The summed E-state index contributed by atoms with van der Waals surface area (Å²) in [7, 11) is -3.17. The molecule has 0 spiro atoms. The number of carbonyl (C=O) groups is 2. The highest BCUT2D eigenvalue weighted by molar-refractivity contribution is 7.89. The minimum absolute atomic E-state index is 0.0836. The fourth-order valence-electron chi connectivity index (χ4n) is 2.14. The Hall–Kier alpha value is -1.19. The Morgan fingerprint density at radius 2 is 1.71 bits per heavy atom. The number of hydrogen-bond donors (Lipinski definition) is 2. The number of nitrogens with zero attached hydrogens (tertiary/aromatic N) is 2. The van der Waals surface area contributed by atoms with Gasteiger partial charge in [0.1, 0.15) is 0 Å². The van der Waals surface area contributed by atoms with Crippen molar-refractivity contribution in [2.75, 3.05) is 38.5 Å². The molecule has 0 aromatic rings. The van der Waals surface area contributed by atoms with E-state index in [1.807, 2.05) is 4.90 Å². The van der Waals surface area contributed by atoms with E-state index in [1.54, 1.807) is 20.8 Å². The van der Waals surface area contributed by atoms with E-state index in [2.05, 4.69) is 10.6 Å². The Morgan fingerprint density at radius 1 is 1.14 bits per heavy atom. The lowest BCUT2D eigenvalue weighted by Gasteiger charge is -2.36. The average Bonchev–Trinajstić information content (AvgIpc) is 2.46. The van der Waals surface area contributed by atoms with Crippen LogP contribution in [-0.4, -0.2) is 74.1 Å². The van der Waals surface area contributed by atoms with Gasteiger partial charge in [0.2, 0.25) is 15.9 Å². The summed E-state index contributed by atoms with van der Waals surface area (Å²) < 4.78 is 25.0. The van der Waals surface area contributed by atoms with Crippen LogP contribution in [0, 0.1) is 0 Å². The van der Waals surface area contributed by atoms with Crippen molar-refractivity contribution in [3.63, 3.8) is 0 Å². The number of hydrogen-bond acceptors (Lipinski definition) is 5. The molecule has 0 aromatic carbocycles. The standard InChI is InChI=1S/C12H24N4O4S/c1-4-13-12(18)14-11(17)10(3)15-6-8-16(9-7-15)21(19,20)5-2/h10H,4-9H2,1-3H3,(H2,13,14,17,18). The molecule has 2 N–H and O–H groups in total. The highest BCUT2D eigenvalue weighted by atomic mass is 32.2. The quantitative estimate of drug-likeness (QED) is 0.690. The zero-order valence-corrected chi connectivity index (χ0v) is 13.6. The van der Waals surface area contributed by atoms with Crippen molar-refractivity contribution in [3.8, 4) is 0 Å². The van der Waals surface area contributed by atoms with Crippen LogP contribution in [0.3, 0.4) is 0 Å². The van der Waals surface area contributed by atoms with E-state index in [1.165, 1.54) is 4.31 Å². The maximum Gasteiger partial charge on any atom is 0.321 e. The molecule has 1 fully saturated rings. The summed E-state index contributed by atoms with van der Waals surface area (Å²) in [4.78, 5) is 25.1. The third-order valence-electron chi connectivity index (χ3n) is 3.53. The second-order valence-electron chi connectivity index (χ2n) is 4.86. The minimum atomic E-state index is -3.17. The number of nitrogens with one attached hydrogen (secondary N) is 2. The van der Waals surface area contributed by atoms with Gasteiger partial charge in [0.15, 0.2) is 0 Å². The van der Waals surface area contributed by atoms with Crippen molar-refractivity contribution in [1.29, 1.82) is 0 Å². The largest absolute Gasteiger partial charge is 0.338 e. The van der Waals surface area contributed by atoms with Gasteiger partial charge in [0.05, 0.1) is 11.8 Å². The zero-order chi connectivity index (χ0) is 16.0. The van der Waals surface area contributed by atoms with Gasteiger partial charge in [-0.25, -0.2) is 13.2 Å². The molecule has 0 bridgehead atoms. The lowest BCUT2D eigenvalue weighted by molar-refractivity contribution is -0.125. The van der Waals surface area contributed by atoms with Crippen molar-refractivity contribution in [3.05, 3.63) is 0 Å². The Labute approximate surface area is 125 Å². The Balaban J connectivity index is 2.50. The molecule has 1 atom stereocenters. The van der Waals surface area contributed by atoms with Crippen molar-refractivity contribution < 1.29 is 18.0 Å². The highest BCUT2D eigenvalue weighted by Gasteiger charge is 2.30. The number of piperazine rings is 1. The highest BCUT2D eigenvalue weighted by Crippen LogP contribution is 2.10. The maximum absolute atomic E-state index is 11.9. The topological polar surface area (TPSA) is 98.8 Å². The fourth-order valence-corrected chi connectivity index (χ4v) is 3.22. The van der Waals surface area contributed by atoms with Gasteiger partial charge < -0.3 is 5.32 Å². The Bertz CT molecular complexity index is 472. The summed E-state index contributed by atoms with van der Waals surface area (Å²) >= 11 is 0.